The fourth-order valence-electron chi connectivity index (χ4n) is 1.20. The fourth-order valence-corrected chi connectivity index (χ4v) is 1.46. The fraction of sp³-hybridized carbons (Fsp3) is 0.444. The lowest BCUT2D eigenvalue weighted by Gasteiger charge is -2.10. The summed E-state index contributed by atoms with van der Waals surface area (Å²) >= 11 is 5.89. The third-order valence-electron chi connectivity index (χ3n) is 1.87. The molecule has 0 aliphatic carbocycles. The molecule has 0 unspecified atom stereocenters. The zero-order valence-corrected chi connectivity index (χ0v) is 8.77. The lowest BCUT2D eigenvalue weighted by molar-refractivity contribution is 0.410. The van der Waals surface area contributed by atoms with Gasteiger partial charge in [0.25, 0.3) is 0 Å². The first-order valence-corrected chi connectivity index (χ1v) is 4.41. The van der Waals surface area contributed by atoms with Crippen molar-refractivity contribution in [3.05, 3.63) is 22.5 Å². The van der Waals surface area contributed by atoms with Gasteiger partial charge in [0.2, 0.25) is 0 Å². The molecule has 0 aliphatic rings. The topological polar surface area (TPSA) is 34.2 Å². The Morgan fingerprint density at radius 1 is 1.62 bits per heavy atom. The molecule has 0 radical (unpaired) electrons. The van der Waals surface area contributed by atoms with Crippen LogP contribution >= 0.6 is 11.6 Å². The van der Waals surface area contributed by atoms with Gasteiger partial charge in [-0.05, 0) is 14.0 Å². The molecule has 0 fully saturated rings. The van der Waals surface area contributed by atoms with Gasteiger partial charge in [-0.1, -0.05) is 11.6 Å². The molecule has 1 heterocycles. The Kier molecular flexibility index (Phi) is 3.51. The Balaban J connectivity index is 3.11. The normalized spacial score (nSPS) is 10.2. The lowest BCUT2D eigenvalue weighted by atomic mass is 10.2. The zero-order valence-electron chi connectivity index (χ0n) is 8.02. The Labute approximate surface area is 83.1 Å². The second-order valence-electron chi connectivity index (χ2n) is 2.74. The minimum Gasteiger partial charge on any atom is -0.495 e. The maximum Gasteiger partial charge on any atom is 0.143 e. The van der Waals surface area contributed by atoms with E-state index in [4.69, 9.17) is 16.3 Å². The number of aromatic nitrogens is 1. The van der Waals surface area contributed by atoms with Crippen molar-refractivity contribution in [2.75, 3.05) is 14.2 Å². The number of hydrogen-bond acceptors (Lipinski definition) is 3. The van der Waals surface area contributed by atoms with Crippen LogP contribution < -0.4 is 10.1 Å². The highest BCUT2D eigenvalue weighted by Crippen LogP contribution is 2.28. The van der Waals surface area contributed by atoms with E-state index < -0.39 is 0 Å². The van der Waals surface area contributed by atoms with E-state index in [0.717, 1.165) is 17.8 Å². The molecular weight excluding hydrogens is 188 g/mol. The average Bonchev–Trinajstić information content (AvgIpc) is 2.11. The van der Waals surface area contributed by atoms with Crippen LogP contribution in [0, 0.1) is 6.92 Å². The van der Waals surface area contributed by atoms with Crippen LogP contribution in [0.4, 0.5) is 0 Å². The molecule has 0 saturated heterocycles. The summed E-state index contributed by atoms with van der Waals surface area (Å²) in [4.78, 5) is 4.20. The molecule has 0 saturated carbocycles. The molecule has 13 heavy (non-hydrogen) atoms. The zero-order chi connectivity index (χ0) is 9.84. The molecule has 4 heteroatoms. The van der Waals surface area contributed by atoms with E-state index in [1.54, 1.807) is 13.3 Å². The third-order valence-corrected chi connectivity index (χ3v) is 2.14. The Hall–Kier alpha value is -0.800. The van der Waals surface area contributed by atoms with Crippen molar-refractivity contribution < 1.29 is 4.74 Å². The number of methoxy groups -OCH3 is 1. The van der Waals surface area contributed by atoms with Crippen molar-refractivity contribution in [2.45, 2.75) is 13.5 Å². The molecule has 0 amide bonds. The van der Waals surface area contributed by atoms with Crippen molar-refractivity contribution in [3.63, 3.8) is 0 Å². The van der Waals surface area contributed by atoms with Gasteiger partial charge < -0.3 is 10.1 Å². The molecular formula is C9H13ClN2O. The highest BCUT2D eigenvalue weighted by Gasteiger charge is 2.09. The van der Waals surface area contributed by atoms with Gasteiger partial charge >= 0.3 is 0 Å². The minimum absolute atomic E-state index is 0.555. The predicted octanol–water partition coefficient (Wildman–Crippen LogP) is 1.77. The van der Waals surface area contributed by atoms with E-state index in [1.165, 1.54) is 0 Å². The van der Waals surface area contributed by atoms with Gasteiger partial charge in [0, 0.05) is 18.3 Å². The van der Waals surface area contributed by atoms with Gasteiger partial charge in [-0.3, -0.25) is 4.98 Å². The third kappa shape index (κ3) is 2.11. The lowest BCUT2D eigenvalue weighted by Crippen LogP contribution is -2.09. The number of nitrogens with one attached hydrogen (secondary N) is 1. The summed E-state index contributed by atoms with van der Waals surface area (Å²) < 4.78 is 5.16. The van der Waals surface area contributed by atoms with Gasteiger partial charge in [-0.2, -0.15) is 0 Å². The molecule has 1 aromatic rings. The molecule has 0 bridgehead atoms. The number of ether oxygens (including phenoxy) is 1. The first-order valence-electron chi connectivity index (χ1n) is 4.03. The van der Waals surface area contributed by atoms with E-state index >= 15 is 0 Å². The van der Waals surface area contributed by atoms with Crippen molar-refractivity contribution in [1.82, 2.24) is 10.3 Å². The molecule has 0 atom stereocenters. The molecule has 72 valence electrons. The number of hydrogen-bond donors (Lipinski definition) is 1. The van der Waals surface area contributed by atoms with Crippen LogP contribution in [0.3, 0.4) is 0 Å². The van der Waals surface area contributed by atoms with Crippen LogP contribution in [0.5, 0.6) is 5.75 Å². The van der Waals surface area contributed by atoms with Gasteiger partial charge in [0.15, 0.2) is 0 Å². The summed E-state index contributed by atoms with van der Waals surface area (Å²) in [6, 6.07) is 0. The number of pyridine rings is 1. The highest BCUT2D eigenvalue weighted by molar-refractivity contribution is 6.32. The van der Waals surface area contributed by atoms with Crippen LogP contribution in [-0.4, -0.2) is 19.1 Å². The van der Waals surface area contributed by atoms with E-state index in [2.05, 4.69) is 10.3 Å². The first-order chi connectivity index (χ1) is 6.20. The van der Waals surface area contributed by atoms with Gasteiger partial charge in [-0.15, -0.1) is 0 Å². The molecule has 1 rings (SSSR count). The van der Waals surface area contributed by atoms with E-state index in [1.807, 2.05) is 14.0 Å². The summed E-state index contributed by atoms with van der Waals surface area (Å²) in [7, 11) is 3.49. The van der Waals surface area contributed by atoms with E-state index in [0.29, 0.717) is 10.8 Å². The molecule has 0 aromatic carbocycles. The van der Waals surface area contributed by atoms with Crippen molar-refractivity contribution in [1.29, 1.82) is 0 Å². The van der Waals surface area contributed by atoms with Gasteiger partial charge in [-0.25, -0.2) is 0 Å². The molecule has 0 aliphatic heterocycles. The standard InChI is InChI=1S/C9H13ClN2O/c1-6-8(5-11-2)12-4-7(10)9(6)13-3/h4,11H,5H2,1-3H3. The van der Waals surface area contributed by atoms with Crippen molar-refractivity contribution in [2.24, 2.45) is 0 Å². The largest absolute Gasteiger partial charge is 0.495 e. The smallest absolute Gasteiger partial charge is 0.143 e. The van der Waals surface area contributed by atoms with E-state index in [-0.39, 0.29) is 0 Å². The monoisotopic (exact) mass is 200 g/mol. The van der Waals surface area contributed by atoms with Crippen molar-refractivity contribution >= 4 is 11.6 Å². The second kappa shape index (κ2) is 4.44. The first kappa shape index (κ1) is 10.3. The SMILES string of the molecule is CNCc1ncc(Cl)c(OC)c1C. The summed E-state index contributed by atoms with van der Waals surface area (Å²) in [6.45, 7) is 2.67. The summed E-state index contributed by atoms with van der Waals surface area (Å²) in [5.41, 5.74) is 1.95. The molecule has 1 aromatic heterocycles. The maximum atomic E-state index is 5.89. The van der Waals surface area contributed by atoms with Crippen molar-refractivity contribution in [3.8, 4) is 5.75 Å². The molecule has 1 N–H and O–H groups in total. The number of halogens is 1. The Morgan fingerprint density at radius 3 is 2.85 bits per heavy atom. The minimum atomic E-state index is 0.555. The van der Waals surface area contributed by atoms with Crippen LogP contribution in [0.15, 0.2) is 6.20 Å². The summed E-state index contributed by atoms with van der Waals surface area (Å²) in [5, 5.41) is 3.59. The number of nitrogens with zero attached hydrogens (tertiary/aromatic N) is 1. The quantitative estimate of drug-likeness (QED) is 0.808. The molecule has 0 spiro atoms. The summed E-state index contributed by atoms with van der Waals surface area (Å²) in [5.74, 6) is 0.710. The predicted molar refractivity (Wildman–Crippen MR) is 53.3 cm³/mol. The van der Waals surface area contributed by atoms with Crippen LogP contribution in [-0.2, 0) is 6.54 Å². The van der Waals surface area contributed by atoms with Crippen LogP contribution in [0.1, 0.15) is 11.3 Å². The van der Waals surface area contributed by atoms with Gasteiger partial charge in [0.1, 0.15) is 10.8 Å². The number of rotatable bonds is 3. The van der Waals surface area contributed by atoms with Crippen LogP contribution in [0.25, 0.3) is 0 Å². The van der Waals surface area contributed by atoms with Crippen LogP contribution in [0.2, 0.25) is 5.02 Å². The Bertz CT molecular complexity index is 302. The maximum absolute atomic E-state index is 5.89. The highest BCUT2D eigenvalue weighted by atomic mass is 35.5. The summed E-state index contributed by atoms with van der Waals surface area (Å²) in [6.07, 6.45) is 1.61. The molecule has 3 nitrogen and oxygen atoms in total. The second-order valence-corrected chi connectivity index (χ2v) is 3.15. The average molecular weight is 201 g/mol. The Morgan fingerprint density at radius 2 is 2.31 bits per heavy atom. The van der Waals surface area contributed by atoms with Gasteiger partial charge in [0.05, 0.1) is 12.8 Å². The van der Waals surface area contributed by atoms with E-state index in [9.17, 15) is 0 Å².